The summed E-state index contributed by atoms with van der Waals surface area (Å²) in [6, 6.07) is 13.4. The van der Waals surface area contributed by atoms with Gasteiger partial charge in [0.2, 0.25) is 0 Å². The molecule has 2 aromatic rings. The first-order valence-corrected chi connectivity index (χ1v) is 11.1. The van der Waals surface area contributed by atoms with Crippen LogP contribution in [0.1, 0.15) is 43.6 Å². The van der Waals surface area contributed by atoms with E-state index in [9.17, 15) is 9.59 Å². The molecular formula is C21H21ClNa3O9P. The molecule has 2 rings (SSSR count). The van der Waals surface area contributed by atoms with E-state index < -0.39 is 24.9 Å². The Morgan fingerprint density at radius 3 is 1.60 bits per heavy atom. The van der Waals surface area contributed by atoms with Crippen LogP contribution in [0.15, 0.2) is 48.5 Å². The number of esters is 1. The number of halogens is 1. The fourth-order valence-electron chi connectivity index (χ4n) is 2.13. The quantitative estimate of drug-likeness (QED) is 0.141. The molecule has 174 valence electrons. The first-order valence-electron chi connectivity index (χ1n) is 9.17. The maximum absolute atomic E-state index is 12.4. The van der Waals surface area contributed by atoms with Crippen molar-refractivity contribution in [3.8, 4) is 5.75 Å². The van der Waals surface area contributed by atoms with Crippen molar-refractivity contribution >= 4 is 36.7 Å². The molecule has 0 amide bonds. The molecule has 9 nitrogen and oxygen atoms in total. The van der Waals surface area contributed by atoms with Gasteiger partial charge in [-0.25, -0.2) is 4.79 Å². The van der Waals surface area contributed by atoms with E-state index in [1.807, 2.05) is 0 Å². The van der Waals surface area contributed by atoms with Crippen molar-refractivity contribution in [1.82, 2.24) is 0 Å². The maximum atomic E-state index is 12.4. The molecule has 0 heterocycles. The maximum Gasteiger partial charge on any atom is 1.00 e. The Hall–Kier alpha value is 0.290. The van der Waals surface area contributed by atoms with Crippen molar-refractivity contribution in [1.29, 1.82) is 0 Å². The minimum Gasteiger partial charge on any atom is -0.807 e. The number of ketones is 1. The molecule has 0 aliphatic carbocycles. The summed E-state index contributed by atoms with van der Waals surface area (Å²) in [5.41, 5.74) is -2.60. The number of ether oxygens (including phenoxy) is 2. The minimum atomic E-state index is -5.43. The van der Waals surface area contributed by atoms with Crippen molar-refractivity contribution in [2.75, 3.05) is 0 Å². The summed E-state index contributed by atoms with van der Waals surface area (Å²) in [6.07, 6.45) is -0.213. The third-order valence-corrected chi connectivity index (χ3v) is 4.35. The van der Waals surface area contributed by atoms with Gasteiger partial charge in [-0.15, -0.1) is 0 Å². The van der Waals surface area contributed by atoms with Crippen molar-refractivity contribution in [2.45, 2.75) is 39.4 Å². The molecule has 0 bridgehead atoms. The van der Waals surface area contributed by atoms with Crippen LogP contribution in [-0.2, 0) is 14.1 Å². The largest absolute Gasteiger partial charge is 1.00 e. The number of hydrogen-bond donors (Lipinski definition) is 0. The predicted molar refractivity (Wildman–Crippen MR) is 110 cm³/mol. The molecule has 0 aliphatic heterocycles. The predicted octanol–water partition coefficient (Wildman–Crippen LogP) is -7.06. The van der Waals surface area contributed by atoms with Crippen LogP contribution in [0.2, 0.25) is 5.02 Å². The average molecular weight is 553 g/mol. The van der Waals surface area contributed by atoms with Crippen LogP contribution in [0, 0.1) is 0 Å². The van der Waals surface area contributed by atoms with Crippen molar-refractivity contribution in [3.05, 3.63) is 64.7 Å². The first kappa shape index (κ1) is 39.8. The van der Waals surface area contributed by atoms with Crippen molar-refractivity contribution < 1.29 is 132 Å². The second-order valence-corrected chi connectivity index (χ2v) is 8.99. The van der Waals surface area contributed by atoms with E-state index >= 15 is 0 Å². The summed E-state index contributed by atoms with van der Waals surface area (Å²) in [5.74, 6) is -0.0659. The monoisotopic (exact) mass is 552 g/mol. The zero-order chi connectivity index (χ0) is 24.7. The molecule has 35 heavy (non-hydrogen) atoms. The van der Waals surface area contributed by atoms with E-state index in [0.717, 1.165) is 0 Å². The van der Waals surface area contributed by atoms with Crippen LogP contribution in [0.5, 0.6) is 5.75 Å². The number of benzene rings is 2. The number of hydrogen-bond acceptors (Lipinski definition) is 9. The molecule has 0 unspecified atom stereocenters. The summed E-state index contributed by atoms with van der Waals surface area (Å²) < 4.78 is 20.0. The van der Waals surface area contributed by atoms with Gasteiger partial charge in [0.05, 0.1) is 11.8 Å². The van der Waals surface area contributed by atoms with E-state index in [2.05, 4.69) is 0 Å². The number of carbonyl (C=O) groups is 3. The van der Waals surface area contributed by atoms with Gasteiger partial charge in [0, 0.05) is 16.1 Å². The Morgan fingerprint density at radius 1 is 0.886 bits per heavy atom. The topological polar surface area (TPSA) is 156 Å². The third-order valence-electron chi connectivity index (χ3n) is 3.65. The zero-order valence-corrected chi connectivity index (χ0v) is 28.3. The fourth-order valence-corrected chi connectivity index (χ4v) is 2.26. The molecule has 0 aliphatic rings. The molecule has 0 N–H and O–H groups in total. The second-order valence-electron chi connectivity index (χ2n) is 7.19. The summed E-state index contributed by atoms with van der Waals surface area (Å²) in [6.45, 7) is 6.85. The SMILES string of the molecule is CC(C)OC(=O)C(C)(C)Oc1ccc(C(=O)c2ccc(Cl)cc2)cc1.O=C([O-])P(=O)([O-])[O-].[Na+].[Na+].[Na+]. The molecule has 14 heteroatoms. The molecule has 0 radical (unpaired) electrons. The minimum absolute atomic E-state index is 0. The van der Waals surface area contributed by atoms with Crippen LogP contribution in [0.4, 0.5) is 4.79 Å². The van der Waals surface area contributed by atoms with Gasteiger partial charge in [0.25, 0.3) is 0 Å². The van der Waals surface area contributed by atoms with Crippen LogP contribution in [0.25, 0.3) is 0 Å². The van der Waals surface area contributed by atoms with Crippen LogP contribution < -0.4 is 108 Å². The van der Waals surface area contributed by atoms with Crippen LogP contribution >= 0.6 is 19.2 Å². The Morgan fingerprint density at radius 2 is 1.26 bits per heavy atom. The van der Waals surface area contributed by atoms with E-state index in [0.29, 0.717) is 21.9 Å². The Bertz CT molecular complexity index is 1010. The summed E-state index contributed by atoms with van der Waals surface area (Å²) in [5, 5.41) is 9.60. The van der Waals surface area contributed by atoms with E-state index in [1.54, 1.807) is 76.2 Å². The molecule has 0 fully saturated rings. The summed E-state index contributed by atoms with van der Waals surface area (Å²) in [7, 11) is -5.43. The molecule has 0 atom stereocenters. The van der Waals surface area contributed by atoms with E-state index in [4.69, 9.17) is 45.3 Å². The van der Waals surface area contributed by atoms with Crippen LogP contribution in [0.3, 0.4) is 0 Å². The normalized spacial score (nSPS) is 10.3. The summed E-state index contributed by atoms with van der Waals surface area (Å²) in [4.78, 5) is 51.8. The Balaban J connectivity index is -0.000000901. The van der Waals surface area contributed by atoms with Gasteiger partial charge in [-0.05, 0) is 83.8 Å². The molecule has 0 spiro atoms. The number of rotatable bonds is 7. The smallest absolute Gasteiger partial charge is 0.807 e. The number of carbonyl (C=O) groups excluding carboxylic acids is 3. The van der Waals surface area contributed by atoms with Gasteiger partial charge >= 0.3 is 94.6 Å². The zero-order valence-electron chi connectivity index (χ0n) is 20.7. The van der Waals surface area contributed by atoms with Crippen LogP contribution in [-0.4, -0.2) is 29.2 Å². The molecule has 2 aromatic carbocycles. The Labute approximate surface area is 275 Å². The van der Waals surface area contributed by atoms with Crippen molar-refractivity contribution in [3.63, 3.8) is 0 Å². The van der Waals surface area contributed by atoms with Crippen molar-refractivity contribution in [2.24, 2.45) is 0 Å². The Kier molecular flexibility index (Phi) is 20.2. The van der Waals surface area contributed by atoms with Gasteiger partial charge in [-0.3, -0.25) is 4.79 Å². The molecule has 0 aromatic heterocycles. The van der Waals surface area contributed by atoms with E-state index in [-0.39, 0.29) is 101 Å². The summed E-state index contributed by atoms with van der Waals surface area (Å²) >= 11 is 5.84. The average Bonchev–Trinajstić information content (AvgIpc) is 2.67. The van der Waals surface area contributed by atoms with Gasteiger partial charge in [0.15, 0.2) is 11.4 Å². The molecule has 0 saturated heterocycles. The second kappa shape index (κ2) is 17.7. The number of carboxylic acid groups (broad SMARTS) is 1. The molecular weight excluding hydrogens is 532 g/mol. The van der Waals surface area contributed by atoms with E-state index in [1.165, 1.54) is 0 Å². The first-order chi connectivity index (χ1) is 14.6. The fraction of sp³-hybridized carbons (Fsp3) is 0.286. The van der Waals surface area contributed by atoms with Gasteiger partial charge < -0.3 is 33.7 Å². The standard InChI is InChI=1S/C20H21ClO4.CH3O5P.3Na/c1-13(2)24-19(23)20(3,4)25-17-11-7-15(8-12-17)18(22)14-5-9-16(21)10-6-14;2-1(3)7(4,5)6;;;/h5-13H,1-4H3;(H,2,3)(H2,4,5,6);;;/q;;3*+1/p-3. The van der Waals surface area contributed by atoms with Gasteiger partial charge in [-0.2, -0.15) is 0 Å². The molecule has 0 saturated carbocycles. The van der Waals surface area contributed by atoms with Gasteiger partial charge in [0.1, 0.15) is 5.75 Å². The van der Waals surface area contributed by atoms with Gasteiger partial charge in [-0.1, -0.05) is 11.6 Å². The third kappa shape index (κ3) is 14.7.